The summed E-state index contributed by atoms with van der Waals surface area (Å²) < 4.78 is 0. The van der Waals surface area contributed by atoms with Crippen molar-refractivity contribution in [2.45, 2.75) is 57.4 Å². The van der Waals surface area contributed by atoms with Gasteiger partial charge in [0.05, 0.1) is 6.04 Å². The van der Waals surface area contributed by atoms with Crippen molar-refractivity contribution in [3.8, 4) is 0 Å². The SMILES string of the molecule is O=C(NC[C@H](c1cccs1)N1CCCC1)C12CC3CC(CC(C3)C1)C2. The number of nitrogens with one attached hydrogen (secondary N) is 1. The highest BCUT2D eigenvalue weighted by molar-refractivity contribution is 7.10. The molecule has 3 nitrogen and oxygen atoms in total. The molecule has 0 aromatic carbocycles. The second-order valence-corrected chi connectivity index (χ2v) is 10.2. The fourth-order valence-corrected chi connectivity index (χ4v) is 7.57. The van der Waals surface area contributed by atoms with E-state index in [-0.39, 0.29) is 5.41 Å². The molecule has 4 saturated carbocycles. The lowest BCUT2D eigenvalue weighted by atomic mass is 9.49. The molecular formula is C21H30N2OS. The maximum absolute atomic E-state index is 13.3. The third kappa shape index (κ3) is 2.95. The van der Waals surface area contributed by atoms with E-state index < -0.39 is 0 Å². The van der Waals surface area contributed by atoms with E-state index in [1.165, 1.54) is 69.3 Å². The average Bonchev–Trinajstić information content (AvgIpc) is 3.28. The van der Waals surface area contributed by atoms with Crippen molar-refractivity contribution >= 4 is 17.2 Å². The third-order valence-electron chi connectivity index (χ3n) is 7.43. The molecule has 1 N–H and O–H groups in total. The predicted molar refractivity (Wildman–Crippen MR) is 101 cm³/mol. The molecule has 4 bridgehead atoms. The monoisotopic (exact) mass is 358 g/mol. The second-order valence-electron chi connectivity index (χ2n) is 9.18. The summed E-state index contributed by atoms with van der Waals surface area (Å²) in [5.74, 6) is 2.89. The van der Waals surface area contributed by atoms with Crippen LogP contribution in [-0.4, -0.2) is 30.4 Å². The summed E-state index contributed by atoms with van der Waals surface area (Å²) in [6.45, 7) is 3.15. The van der Waals surface area contributed by atoms with Crippen molar-refractivity contribution in [1.82, 2.24) is 10.2 Å². The Kier molecular flexibility index (Phi) is 4.16. The third-order valence-corrected chi connectivity index (χ3v) is 8.40. The standard InChI is InChI=1S/C21H30N2OS/c24-20(21-11-15-8-16(12-21)10-17(9-15)13-21)22-14-18(19-4-3-7-25-19)23-5-1-2-6-23/h3-4,7,15-18H,1-2,5-6,8-14H2,(H,22,24)/t15?,16?,17?,18-,21?/m1/s1. The van der Waals surface area contributed by atoms with Gasteiger partial charge in [-0.05, 0) is 93.7 Å². The lowest BCUT2D eigenvalue weighted by Gasteiger charge is -2.55. The van der Waals surface area contributed by atoms with Gasteiger partial charge in [-0.15, -0.1) is 11.3 Å². The zero-order valence-electron chi connectivity index (χ0n) is 15.1. The quantitative estimate of drug-likeness (QED) is 0.855. The Hall–Kier alpha value is -0.870. The Bertz CT molecular complexity index is 585. The number of nitrogens with zero attached hydrogens (tertiary/aromatic N) is 1. The highest BCUT2D eigenvalue weighted by atomic mass is 32.1. The molecule has 5 fully saturated rings. The fraction of sp³-hybridized carbons (Fsp3) is 0.762. The first kappa shape index (κ1) is 16.3. The maximum atomic E-state index is 13.3. The predicted octanol–water partition coefficient (Wildman–Crippen LogP) is 4.22. The molecule has 5 aliphatic rings. The molecule has 1 aromatic heterocycles. The summed E-state index contributed by atoms with van der Waals surface area (Å²) in [5, 5.41) is 5.60. The normalized spacial score (nSPS) is 38.2. The van der Waals surface area contributed by atoms with Crippen LogP contribution < -0.4 is 5.32 Å². The topological polar surface area (TPSA) is 32.3 Å². The molecule has 25 heavy (non-hydrogen) atoms. The summed E-state index contributed by atoms with van der Waals surface area (Å²) >= 11 is 1.84. The van der Waals surface area contributed by atoms with Gasteiger partial charge in [-0.2, -0.15) is 0 Å². The van der Waals surface area contributed by atoms with E-state index in [1.54, 1.807) is 0 Å². The van der Waals surface area contributed by atoms with E-state index in [0.29, 0.717) is 11.9 Å². The van der Waals surface area contributed by atoms with Gasteiger partial charge in [0.15, 0.2) is 0 Å². The molecule has 1 saturated heterocycles. The van der Waals surface area contributed by atoms with Gasteiger partial charge in [-0.3, -0.25) is 9.69 Å². The Balaban J connectivity index is 1.29. The minimum atomic E-state index is -0.0141. The number of thiophene rings is 1. The molecule has 1 aromatic rings. The van der Waals surface area contributed by atoms with Crippen LogP contribution in [0.3, 0.4) is 0 Å². The van der Waals surface area contributed by atoms with Crippen LogP contribution in [0.1, 0.15) is 62.3 Å². The molecule has 1 aliphatic heterocycles. The highest BCUT2D eigenvalue weighted by Gasteiger charge is 2.54. The first-order valence-corrected chi connectivity index (χ1v) is 11.2. The molecule has 0 radical (unpaired) electrons. The summed E-state index contributed by atoms with van der Waals surface area (Å²) in [5.41, 5.74) is -0.0141. The van der Waals surface area contributed by atoms with Gasteiger partial charge >= 0.3 is 0 Å². The molecule has 6 rings (SSSR count). The van der Waals surface area contributed by atoms with E-state index in [4.69, 9.17) is 0 Å². The number of carbonyl (C=O) groups excluding carboxylic acids is 1. The number of rotatable bonds is 5. The number of likely N-dealkylation sites (tertiary alicyclic amines) is 1. The maximum Gasteiger partial charge on any atom is 0.226 e. The molecule has 0 spiro atoms. The van der Waals surface area contributed by atoms with Crippen LogP contribution in [0.25, 0.3) is 0 Å². The van der Waals surface area contributed by atoms with Crippen molar-refractivity contribution in [2.24, 2.45) is 23.2 Å². The van der Waals surface area contributed by atoms with Crippen LogP contribution in [0.5, 0.6) is 0 Å². The number of hydrogen-bond acceptors (Lipinski definition) is 3. The van der Waals surface area contributed by atoms with Gasteiger partial charge in [-0.25, -0.2) is 0 Å². The average molecular weight is 359 g/mol. The summed E-state index contributed by atoms with van der Waals surface area (Å²) in [6.07, 6.45) is 10.3. The Labute approximate surface area is 155 Å². The smallest absolute Gasteiger partial charge is 0.226 e. The zero-order valence-corrected chi connectivity index (χ0v) is 15.9. The summed E-state index contributed by atoms with van der Waals surface area (Å²) in [4.78, 5) is 17.2. The van der Waals surface area contributed by atoms with E-state index in [9.17, 15) is 4.79 Å². The van der Waals surface area contributed by atoms with Gasteiger partial charge in [0.2, 0.25) is 5.91 Å². The van der Waals surface area contributed by atoms with Crippen molar-refractivity contribution in [3.05, 3.63) is 22.4 Å². The van der Waals surface area contributed by atoms with Crippen molar-refractivity contribution in [1.29, 1.82) is 0 Å². The second kappa shape index (κ2) is 6.38. The van der Waals surface area contributed by atoms with Gasteiger partial charge in [0, 0.05) is 16.8 Å². The summed E-state index contributed by atoms with van der Waals surface area (Å²) in [6, 6.07) is 4.76. The molecule has 0 unspecified atom stereocenters. The lowest BCUT2D eigenvalue weighted by Crippen LogP contribution is -2.54. The number of carbonyl (C=O) groups is 1. The highest BCUT2D eigenvalue weighted by Crippen LogP contribution is 2.60. The Morgan fingerprint density at radius 2 is 1.80 bits per heavy atom. The molecule has 1 amide bonds. The largest absolute Gasteiger partial charge is 0.354 e. The first-order chi connectivity index (χ1) is 12.2. The fourth-order valence-electron chi connectivity index (χ4n) is 6.71. The molecular weight excluding hydrogens is 328 g/mol. The van der Waals surface area contributed by atoms with E-state index >= 15 is 0 Å². The van der Waals surface area contributed by atoms with Crippen molar-refractivity contribution < 1.29 is 4.79 Å². The van der Waals surface area contributed by atoms with Crippen LogP contribution >= 0.6 is 11.3 Å². The van der Waals surface area contributed by atoms with Crippen molar-refractivity contribution in [2.75, 3.05) is 19.6 Å². The molecule has 136 valence electrons. The van der Waals surface area contributed by atoms with E-state index in [1.807, 2.05) is 11.3 Å². The minimum absolute atomic E-state index is 0.0141. The molecule has 4 aliphatic carbocycles. The van der Waals surface area contributed by atoms with Gasteiger partial charge < -0.3 is 5.32 Å². The minimum Gasteiger partial charge on any atom is -0.354 e. The molecule has 2 heterocycles. The Morgan fingerprint density at radius 1 is 1.16 bits per heavy atom. The number of amides is 1. The van der Waals surface area contributed by atoms with Crippen LogP contribution in [0.4, 0.5) is 0 Å². The van der Waals surface area contributed by atoms with Gasteiger partial charge in [-0.1, -0.05) is 6.07 Å². The molecule has 1 atom stereocenters. The van der Waals surface area contributed by atoms with Crippen LogP contribution in [-0.2, 0) is 4.79 Å². The zero-order chi connectivity index (χ0) is 16.9. The van der Waals surface area contributed by atoms with Crippen molar-refractivity contribution in [3.63, 3.8) is 0 Å². The van der Waals surface area contributed by atoms with E-state index in [2.05, 4.69) is 27.7 Å². The van der Waals surface area contributed by atoms with Crippen LogP contribution in [0.2, 0.25) is 0 Å². The first-order valence-electron chi connectivity index (χ1n) is 10.3. The summed E-state index contributed by atoms with van der Waals surface area (Å²) in [7, 11) is 0. The van der Waals surface area contributed by atoms with E-state index in [0.717, 1.165) is 24.3 Å². The Morgan fingerprint density at radius 3 is 2.36 bits per heavy atom. The van der Waals surface area contributed by atoms with Gasteiger partial charge in [0.1, 0.15) is 0 Å². The lowest BCUT2D eigenvalue weighted by molar-refractivity contribution is -0.146. The molecule has 4 heteroatoms. The van der Waals surface area contributed by atoms with Gasteiger partial charge in [0.25, 0.3) is 0 Å². The van der Waals surface area contributed by atoms with Crippen LogP contribution in [0.15, 0.2) is 17.5 Å². The van der Waals surface area contributed by atoms with Crippen LogP contribution in [0, 0.1) is 23.2 Å². The number of hydrogen-bond donors (Lipinski definition) is 1.